The minimum absolute atomic E-state index is 0.0476. The zero-order valence-corrected chi connectivity index (χ0v) is 12.3. The Labute approximate surface area is 112 Å². The van der Waals surface area contributed by atoms with Crippen LogP contribution in [0.2, 0.25) is 0 Å². The van der Waals surface area contributed by atoms with Gasteiger partial charge in [-0.2, -0.15) is 4.31 Å². The van der Waals surface area contributed by atoms with Crippen LogP contribution < -0.4 is 0 Å². The molecular weight excluding hydrogens is 270 g/mol. The van der Waals surface area contributed by atoms with Crippen LogP contribution >= 0.6 is 11.3 Å². The number of nitrogens with zero attached hydrogens (tertiary/aromatic N) is 1. The molecule has 1 fully saturated rings. The molecule has 1 N–H and O–H groups in total. The summed E-state index contributed by atoms with van der Waals surface area (Å²) in [5, 5.41) is 11.0. The normalized spacial score (nSPS) is 25.7. The third-order valence-corrected chi connectivity index (χ3v) is 6.77. The largest absolute Gasteiger partial charge is 0.391 e. The smallest absolute Gasteiger partial charge is 0.244 e. The highest BCUT2D eigenvalue weighted by Crippen LogP contribution is 2.34. The van der Waals surface area contributed by atoms with Gasteiger partial charge in [0, 0.05) is 17.0 Å². The Morgan fingerprint density at radius 2 is 2.22 bits per heavy atom. The second-order valence-corrected chi connectivity index (χ2v) is 7.50. The van der Waals surface area contributed by atoms with Crippen molar-refractivity contribution in [2.45, 2.75) is 56.7 Å². The SMILES string of the molecule is CCC1CCC(C)N1S(=O)(=O)c1ccsc1CO. The van der Waals surface area contributed by atoms with Gasteiger partial charge in [-0.05, 0) is 37.6 Å². The van der Waals surface area contributed by atoms with E-state index in [2.05, 4.69) is 0 Å². The molecular formula is C12H19NO3S2. The van der Waals surface area contributed by atoms with Gasteiger partial charge in [0.25, 0.3) is 0 Å². The fourth-order valence-electron chi connectivity index (χ4n) is 2.65. The fraction of sp³-hybridized carbons (Fsp3) is 0.667. The van der Waals surface area contributed by atoms with Crippen LogP contribution in [0.4, 0.5) is 0 Å². The minimum Gasteiger partial charge on any atom is -0.391 e. The van der Waals surface area contributed by atoms with Crippen molar-refractivity contribution < 1.29 is 13.5 Å². The van der Waals surface area contributed by atoms with E-state index in [0.29, 0.717) is 4.88 Å². The Morgan fingerprint density at radius 1 is 1.50 bits per heavy atom. The molecule has 1 aliphatic rings. The molecule has 1 aromatic heterocycles. The van der Waals surface area contributed by atoms with Crippen LogP contribution in [-0.4, -0.2) is 29.9 Å². The molecule has 1 aliphatic heterocycles. The van der Waals surface area contributed by atoms with E-state index >= 15 is 0 Å². The monoisotopic (exact) mass is 289 g/mol. The van der Waals surface area contributed by atoms with Crippen LogP contribution in [0.15, 0.2) is 16.3 Å². The molecule has 2 heterocycles. The summed E-state index contributed by atoms with van der Waals surface area (Å²) in [7, 11) is -3.46. The molecule has 1 saturated heterocycles. The number of aliphatic hydroxyl groups excluding tert-OH is 1. The van der Waals surface area contributed by atoms with Crippen LogP contribution in [0.3, 0.4) is 0 Å². The van der Waals surface area contributed by atoms with Gasteiger partial charge in [0.05, 0.1) is 11.5 Å². The van der Waals surface area contributed by atoms with Crippen molar-refractivity contribution in [2.75, 3.05) is 0 Å². The van der Waals surface area contributed by atoms with Gasteiger partial charge in [0.15, 0.2) is 0 Å². The Balaban J connectivity index is 2.42. The molecule has 0 bridgehead atoms. The van der Waals surface area contributed by atoms with Gasteiger partial charge in [0.1, 0.15) is 0 Å². The van der Waals surface area contributed by atoms with Crippen molar-refractivity contribution >= 4 is 21.4 Å². The van der Waals surface area contributed by atoms with E-state index in [0.717, 1.165) is 19.3 Å². The second kappa shape index (κ2) is 5.28. The van der Waals surface area contributed by atoms with Crippen LogP contribution in [0.25, 0.3) is 0 Å². The topological polar surface area (TPSA) is 57.6 Å². The lowest BCUT2D eigenvalue weighted by Gasteiger charge is -2.27. The maximum absolute atomic E-state index is 12.7. The molecule has 2 rings (SSSR count). The molecule has 0 radical (unpaired) electrons. The van der Waals surface area contributed by atoms with Crippen LogP contribution in [-0.2, 0) is 16.6 Å². The van der Waals surface area contributed by atoms with Crippen molar-refractivity contribution in [1.82, 2.24) is 4.31 Å². The van der Waals surface area contributed by atoms with Crippen LogP contribution in [0.1, 0.15) is 38.0 Å². The molecule has 0 aliphatic carbocycles. The Bertz CT molecular complexity index is 509. The predicted molar refractivity (Wildman–Crippen MR) is 72.0 cm³/mol. The van der Waals surface area contributed by atoms with Crippen LogP contribution in [0.5, 0.6) is 0 Å². The van der Waals surface area contributed by atoms with E-state index in [9.17, 15) is 13.5 Å². The van der Waals surface area contributed by atoms with Crippen molar-refractivity contribution in [3.8, 4) is 0 Å². The predicted octanol–water partition coefficient (Wildman–Crippen LogP) is 2.19. The highest BCUT2D eigenvalue weighted by atomic mass is 32.2. The number of hydrogen-bond acceptors (Lipinski definition) is 4. The van der Waals surface area contributed by atoms with Gasteiger partial charge in [0.2, 0.25) is 10.0 Å². The second-order valence-electron chi connectivity index (χ2n) is 4.69. The van der Waals surface area contributed by atoms with E-state index < -0.39 is 10.0 Å². The summed E-state index contributed by atoms with van der Waals surface area (Å²) < 4.78 is 27.0. The third-order valence-electron chi connectivity index (χ3n) is 3.59. The lowest BCUT2D eigenvalue weighted by Crippen LogP contribution is -2.39. The first kappa shape index (κ1) is 14.0. The van der Waals surface area contributed by atoms with Crippen molar-refractivity contribution in [3.05, 3.63) is 16.3 Å². The Morgan fingerprint density at radius 3 is 2.83 bits per heavy atom. The first-order valence-corrected chi connectivity index (χ1v) is 8.55. The standard InChI is InChI=1S/C12H19NO3S2/c1-3-10-5-4-9(2)13(10)18(15,16)12-6-7-17-11(12)8-14/h6-7,9-10,14H,3-5,8H2,1-2H3. The lowest BCUT2D eigenvalue weighted by molar-refractivity contribution is 0.281. The number of sulfonamides is 1. The molecule has 4 nitrogen and oxygen atoms in total. The number of aliphatic hydroxyl groups is 1. The fourth-order valence-corrected chi connectivity index (χ4v) is 5.87. The number of thiophene rings is 1. The van der Waals surface area contributed by atoms with Gasteiger partial charge in [-0.15, -0.1) is 11.3 Å². The molecule has 2 atom stereocenters. The van der Waals surface area contributed by atoms with Crippen molar-refractivity contribution in [2.24, 2.45) is 0 Å². The zero-order chi connectivity index (χ0) is 13.3. The van der Waals surface area contributed by atoms with Gasteiger partial charge >= 0.3 is 0 Å². The summed E-state index contributed by atoms with van der Waals surface area (Å²) in [5.41, 5.74) is 0. The summed E-state index contributed by atoms with van der Waals surface area (Å²) in [4.78, 5) is 0.811. The molecule has 0 spiro atoms. The molecule has 0 saturated carbocycles. The highest BCUT2D eigenvalue weighted by molar-refractivity contribution is 7.89. The van der Waals surface area contributed by atoms with Gasteiger partial charge in [-0.25, -0.2) is 8.42 Å². The van der Waals surface area contributed by atoms with Crippen molar-refractivity contribution in [1.29, 1.82) is 0 Å². The Kier molecular flexibility index (Phi) is 4.11. The maximum Gasteiger partial charge on any atom is 0.244 e. The quantitative estimate of drug-likeness (QED) is 0.924. The molecule has 102 valence electrons. The first-order valence-electron chi connectivity index (χ1n) is 6.23. The van der Waals surface area contributed by atoms with E-state index in [1.807, 2.05) is 13.8 Å². The molecule has 0 aromatic carbocycles. The lowest BCUT2D eigenvalue weighted by atomic mass is 10.2. The highest BCUT2D eigenvalue weighted by Gasteiger charge is 2.40. The van der Waals surface area contributed by atoms with E-state index in [4.69, 9.17) is 0 Å². The Hall–Kier alpha value is -0.430. The first-order chi connectivity index (χ1) is 8.52. The number of rotatable bonds is 4. The average Bonchev–Trinajstić information content (AvgIpc) is 2.94. The van der Waals surface area contributed by atoms with Crippen molar-refractivity contribution in [3.63, 3.8) is 0 Å². The molecule has 18 heavy (non-hydrogen) atoms. The summed E-state index contributed by atoms with van der Waals surface area (Å²) in [6, 6.07) is 1.74. The average molecular weight is 289 g/mol. The third kappa shape index (κ3) is 2.22. The van der Waals surface area contributed by atoms with Crippen LogP contribution in [0, 0.1) is 0 Å². The minimum atomic E-state index is -3.46. The maximum atomic E-state index is 12.7. The summed E-state index contributed by atoms with van der Waals surface area (Å²) >= 11 is 1.29. The van der Waals surface area contributed by atoms with Gasteiger partial charge in [-0.3, -0.25) is 0 Å². The van der Waals surface area contributed by atoms with Gasteiger partial charge in [-0.1, -0.05) is 6.92 Å². The summed E-state index contributed by atoms with van der Waals surface area (Å²) in [6.07, 6.45) is 2.67. The van der Waals surface area contributed by atoms with Gasteiger partial charge < -0.3 is 5.11 Å². The number of hydrogen-bond donors (Lipinski definition) is 1. The van der Waals surface area contributed by atoms with E-state index in [1.54, 1.807) is 15.8 Å². The van der Waals surface area contributed by atoms with E-state index in [-0.39, 0.29) is 23.6 Å². The zero-order valence-electron chi connectivity index (χ0n) is 10.7. The van der Waals surface area contributed by atoms with E-state index in [1.165, 1.54) is 11.3 Å². The molecule has 6 heteroatoms. The summed E-state index contributed by atoms with van der Waals surface area (Å²) in [5.74, 6) is 0. The molecule has 1 aromatic rings. The molecule has 2 unspecified atom stereocenters. The summed E-state index contributed by atoms with van der Waals surface area (Å²) in [6.45, 7) is 3.76. The molecule has 0 amide bonds.